The van der Waals surface area contributed by atoms with Crippen molar-refractivity contribution >= 4 is 11.3 Å². The van der Waals surface area contributed by atoms with Gasteiger partial charge in [-0.15, -0.1) is 11.3 Å². The first-order chi connectivity index (χ1) is 9.72. The fourth-order valence-electron chi connectivity index (χ4n) is 2.98. The Balaban J connectivity index is 1.66. The molecule has 0 amide bonds. The van der Waals surface area contributed by atoms with Crippen molar-refractivity contribution in [1.29, 1.82) is 0 Å². The molecule has 2 aromatic rings. The Morgan fingerprint density at radius 1 is 1.45 bits per heavy atom. The molecule has 1 atom stereocenters. The Morgan fingerprint density at radius 3 is 3.10 bits per heavy atom. The van der Waals surface area contributed by atoms with Gasteiger partial charge < -0.3 is 9.32 Å². The summed E-state index contributed by atoms with van der Waals surface area (Å²) in [7, 11) is 4.23. The highest BCUT2D eigenvalue weighted by molar-refractivity contribution is 7.10. The van der Waals surface area contributed by atoms with Crippen LogP contribution in [-0.4, -0.2) is 30.4 Å². The molecule has 1 aliphatic rings. The van der Waals surface area contributed by atoms with E-state index >= 15 is 0 Å². The molecule has 0 bridgehead atoms. The maximum atomic E-state index is 5.60. The summed E-state index contributed by atoms with van der Waals surface area (Å²) in [6.07, 6.45) is 4.26. The van der Waals surface area contributed by atoms with Gasteiger partial charge in [0, 0.05) is 18.0 Å². The first kappa shape index (κ1) is 13.9. The second-order valence-electron chi connectivity index (χ2n) is 5.80. The average Bonchev–Trinajstić information content (AvgIpc) is 3.10. The molecule has 0 radical (unpaired) electrons. The minimum absolute atomic E-state index is 0.462. The van der Waals surface area contributed by atoms with Crippen LogP contribution in [0.2, 0.25) is 0 Å². The summed E-state index contributed by atoms with van der Waals surface area (Å²) in [5.74, 6) is 1.12. The van der Waals surface area contributed by atoms with Crippen molar-refractivity contribution in [2.75, 3.05) is 20.6 Å². The number of hydrogen-bond donors (Lipinski definition) is 0. The smallest absolute Gasteiger partial charge is 0.120 e. The Bertz CT molecular complexity index is 532. The van der Waals surface area contributed by atoms with Gasteiger partial charge in [-0.3, -0.25) is 4.90 Å². The molecular formula is C16H22N2OS. The summed E-state index contributed by atoms with van der Waals surface area (Å²) in [5.41, 5.74) is 1.42. The van der Waals surface area contributed by atoms with E-state index in [0.29, 0.717) is 6.04 Å². The normalized spacial score (nSPS) is 20.1. The molecule has 1 aliphatic heterocycles. The molecule has 3 rings (SSSR count). The predicted molar refractivity (Wildman–Crippen MR) is 82.8 cm³/mol. The lowest BCUT2D eigenvalue weighted by molar-refractivity contribution is 0.222. The van der Waals surface area contributed by atoms with Crippen molar-refractivity contribution in [3.05, 3.63) is 46.0 Å². The van der Waals surface area contributed by atoms with Crippen LogP contribution in [0.5, 0.6) is 0 Å². The number of rotatable bonds is 5. The third kappa shape index (κ3) is 3.14. The van der Waals surface area contributed by atoms with E-state index in [9.17, 15) is 0 Å². The number of furan rings is 1. The van der Waals surface area contributed by atoms with Gasteiger partial charge in [0.05, 0.1) is 12.3 Å². The molecule has 108 valence electrons. The zero-order chi connectivity index (χ0) is 13.9. The third-order valence-corrected chi connectivity index (χ3v) is 4.77. The number of nitrogens with zero attached hydrogens (tertiary/aromatic N) is 2. The molecule has 2 aromatic heterocycles. The predicted octanol–water partition coefficient (Wildman–Crippen LogP) is 3.74. The van der Waals surface area contributed by atoms with Gasteiger partial charge in [-0.2, -0.15) is 0 Å². The fraction of sp³-hybridized carbons (Fsp3) is 0.500. The van der Waals surface area contributed by atoms with Crippen molar-refractivity contribution in [2.45, 2.75) is 32.0 Å². The van der Waals surface area contributed by atoms with Gasteiger partial charge in [0.15, 0.2) is 0 Å². The van der Waals surface area contributed by atoms with Gasteiger partial charge in [0.25, 0.3) is 0 Å². The Labute approximate surface area is 124 Å². The molecule has 0 aliphatic carbocycles. The number of thiophene rings is 1. The van der Waals surface area contributed by atoms with Crippen molar-refractivity contribution < 1.29 is 4.42 Å². The third-order valence-electron chi connectivity index (χ3n) is 3.80. The molecule has 1 fully saturated rings. The zero-order valence-corrected chi connectivity index (χ0v) is 13.0. The minimum Gasteiger partial charge on any atom is -0.468 e. The SMILES string of the molecule is CN(C)Cc1csc(CN2CCCC2c2ccco2)c1. The maximum absolute atomic E-state index is 5.60. The molecule has 1 unspecified atom stereocenters. The average molecular weight is 290 g/mol. The van der Waals surface area contributed by atoms with E-state index in [1.165, 1.54) is 29.8 Å². The van der Waals surface area contributed by atoms with Crippen molar-refractivity contribution in [3.8, 4) is 0 Å². The lowest BCUT2D eigenvalue weighted by Crippen LogP contribution is -2.21. The Morgan fingerprint density at radius 2 is 2.35 bits per heavy atom. The molecule has 3 nitrogen and oxygen atoms in total. The summed E-state index contributed by atoms with van der Waals surface area (Å²) in [6, 6.07) is 6.91. The van der Waals surface area contributed by atoms with E-state index in [2.05, 4.69) is 41.4 Å². The minimum atomic E-state index is 0.462. The van der Waals surface area contributed by atoms with Gasteiger partial charge in [-0.05, 0) is 62.6 Å². The molecule has 0 aromatic carbocycles. The van der Waals surface area contributed by atoms with E-state index in [4.69, 9.17) is 4.42 Å². The number of likely N-dealkylation sites (tertiary alicyclic amines) is 1. The van der Waals surface area contributed by atoms with Gasteiger partial charge in [-0.1, -0.05) is 0 Å². The summed E-state index contributed by atoms with van der Waals surface area (Å²) in [4.78, 5) is 6.22. The zero-order valence-electron chi connectivity index (χ0n) is 12.2. The summed E-state index contributed by atoms with van der Waals surface area (Å²) >= 11 is 1.88. The highest BCUT2D eigenvalue weighted by atomic mass is 32.1. The van der Waals surface area contributed by atoms with Crippen molar-refractivity contribution in [2.24, 2.45) is 0 Å². The lowest BCUT2D eigenvalue weighted by atomic mass is 10.1. The quantitative estimate of drug-likeness (QED) is 0.836. The molecule has 0 spiro atoms. The van der Waals surface area contributed by atoms with Gasteiger partial charge in [0.1, 0.15) is 5.76 Å². The molecule has 0 saturated carbocycles. The second kappa shape index (κ2) is 6.12. The summed E-state index contributed by atoms with van der Waals surface area (Å²) in [5, 5.41) is 2.29. The number of hydrogen-bond acceptors (Lipinski definition) is 4. The van der Waals surface area contributed by atoms with Crippen LogP contribution in [0.3, 0.4) is 0 Å². The van der Waals surface area contributed by atoms with E-state index in [-0.39, 0.29) is 0 Å². The fourth-order valence-corrected chi connectivity index (χ4v) is 3.88. The van der Waals surface area contributed by atoms with E-state index < -0.39 is 0 Å². The van der Waals surface area contributed by atoms with Crippen molar-refractivity contribution in [3.63, 3.8) is 0 Å². The molecule has 20 heavy (non-hydrogen) atoms. The topological polar surface area (TPSA) is 19.6 Å². The van der Waals surface area contributed by atoms with Crippen molar-refractivity contribution in [1.82, 2.24) is 9.80 Å². The molecule has 1 saturated heterocycles. The van der Waals surface area contributed by atoms with E-state index in [0.717, 1.165) is 18.8 Å². The van der Waals surface area contributed by atoms with Crippen LogP contribution in [0.4, 0.5) is 0 Å². The monoisotopic (exact) mass is 290 g/mol. The molecular weight excluding hydrogens is 268 g/mol. The van der Waals surface area contributed by atoms with Gasteiger partial charge in [0.2, 0.25) is 0 Å². The van der Waals surface area contributed by atoms with Crippen LogP contribution < -0.4 is 0 Å². The van der Waals surface area contributed by atoms with Gasteiger partial charge in [-0.25, -0.2) is 0 Å². The van der Waals surface area contributed by atoms with E-state index in [1.54, 1.807) is 6.26 Å². The Kier molecular flexibility index (Phi) is 4.24. The van der Waals surface area contributed by atoms with Crippen LogP contribution in [0.15, 0.2) is 34.3 Å². The maximum Gasteiger partial charge on any atom is 0.120 e. The first-order valence-corrected chi connectivity index (χ1v) is 8.09. The van der Waals surface area contributed by atoms with Crippen LogP contribution in [0, 0.1) is 0 Å². The van der Waals surface area contributed by atoms with Crippen LogP contribution in [-0.2, 0) is 13.1 Å². The Hall–Kier alpha value is -1.10. The van der Waals surface area contributed by atoms with Crippen LogP contribution >= 0.6 is 11.3 Å². The summed E-state index contributed by atoms with van der Waals surface area (Å²) < 4.78 is 5.60. The largest absolute Gasteiger partial charge is 0.468 e. The second-order valence-corrected chi connectivity index (χ2v) is 6.80. The van der Waals surface area contributed by atoms with E-state index in [1.807, 2.05) is 17.4 Å². The molecule has 4 heteroatoms. The highest BCUT2D eigenvalue weighted by Crippen LogP contribution is 2.34. The van der Waals surface area contributed by atoms with Gasteiger partial charge >= 0.3 is 0 Å². The first-order valence-electron chi connectivity index (χ1n) is 7.21. The molecule has 3 heterocycles. The molecule has 0 N–H and O–H groups in total. The highest BCUT2D eigenvalue weighted by Gasteiger charge is 2.28. The summed E-state index contributed by atoms with van der Waals surface area (Å²) in [6.45, 7) is 3.24. The standard InChI is InChI=1S/C16H22N2OS/c1-17(2)10-13-9-14(20-12-13)11-18-7-3-5-15(18)16-6-4-8-19-16/h4,6,8-9,12,15H,3,5,7,10-11H2,1-2H3. The van der Waals surface area contributed by atoms with Crippen LogP contribution in [0.1, 0.15) is 35.1 Å². The van der Waals surface area contributed by atoms with Crippen LogP contribution in [0.25, 0.3) is 0 Å². The lowest BCUT2D eigenvalue weighted by Gasteiger charge is -2.21.